The molecule has 1 rings (SSSR count). The largest absolute Gasteiger partial charge is 0.494 e. The maximum atomic E-state index is 6.95. The van der Waals surface area contributed by atoms with E-state index in [0.29, 0.717) is 0 Å². The minimum absolute atomic E-state index is 0.255. The fraction of sp³-hybridized carbons (Fsp3) is 0.571. The van der Waals surface area contributed by atoms with Gasteiger partial charge in [0.15, 0.2) is 0 Å². The average molecular weight is 277 g/mol. The van der Waals surface area contributed by atoms with Crippen molar-refractivity contribution < 1.29 is 9.31 Å². The van der Waals surface area contributed by atoms with Gasteiger partial charge in [0, 0.05) is 0 Å². The second-order valence-electron chi connectivity index (χ2n) is 5.73. The van der Waals surface area contributed by atoms with E-state index in [1.54, 1.807) is 6.08 Å². The summed E-state index contributed by atoms with van der Waals surface area (Å²) in [6, 6.07) is 0. The van der Waals surface area contributed by atoms with Crippen LogP contribution in [0.2, 0.25) is 0 Å². The summed E-state index contributed by atoms with van der Waals surface area (Å²) < 4.78 is 12.0. The van der Waals surface area contributed by atoms with Crippen LogP contribution < -0.4 is 5.73 Å². The molecule has 0 bridgehead atoms. The number of allylic oxidation sites excluding steroid dienone is 3. The highest BCUT2D eigenvalue weighted by Crippen LogP contribution is 2.38. The van der Waals surface area contributed by atoms with Crippen LogP contribution in [0.1, 0.15) is 41.0 Å². The van der Waals surface area contributed by atoms with E-state index < -0.39 is 18.3 Å². The summed E-state index contributed by atoms with van der Waals surface area (Å²) >= 11 is 0. The third kappa shape index (κ3) is 3.80. The van der Waals surface area contributed by atoms with Crippen LogP contribution in [0.3, 0.4) is 0 Å². The molecular formula is C14H24BN3O2. The first-order valence-electron chi connectivity index (χ1n) is 6.79. The second-order valence-corrected chi connectivity index (χ2v) is 5.73. The molecule has 1 aliphatic rings. The number of hydrogen-bond acceptors (Lipinski definition) is 3. The molecule has 1 fully saturated rings. The molecule has 0 radical (unpaired) electrons. The van der Waals surface area contributed by atoms with E-state index in [1.165, 1.54) is 0 Å². The molecule has 1 aliphatic heterocycles. The van der Waals surface area contributed by atoms with Gasteiger partial charge in [-0.05, 0) is 45.7 Å². The molecule has 0 unspecified atom stereocenters. The van der Waals surface area contributed by atoms with Crippen LogP contribution in [0.15, 0.2) is 28.7 Å². The summed E-state index contributed by atoms with van der Waals surface area (Å²) in [7, 11) is -0.484. The maximum Gasteiger partial charge on any atom is 0.494 e. The Kier molecular flexibility index (Phi) is 5.31. The van der Waals surface area contributed by atoms with Crippen molar-refractivity contribution in [2.24, 2.45) is 10.7 Å². The van der Waals surface area contributed by atoms with Crippen LogP contribution in [0.25, 0.3) is 0 Å². The van der Waals surface area contributed by atoms with Gasteiger partial charge in [-0.15, -0.1) is 0 Å². The molecule has 0 aromatic heterocycles. The quantitative estimate of drug-likeness (QED) is 0.350. The van der Waals surface area contributed by atoms with Gasteiger partial charge >= 0.3 is 7.12 Å². The molecule has 1 saturated heterocycles. The van der Waals surface area contributed by atoms with Gasteiger partial charge in [-0.25, -0.2) is 4.99 Å². The monoisotopic (exact) mass is 277 g/mol. The minimum Gasteiger partial charge on any atom is -0.399 e. The van der Waals surface area contributed by atoms with Gasteiger partial charge in [-0.1, -0.05) is 19.1 Å². The molecule has 6 heteroatoms. The van der Waals surface area contributed by atoms with Gasteiger partial charge in [0.05, 0.1) is 11.2 Å². The Bertz CT molecular complexity index is 437. The van der Waals surface area contributed by atoms with E-state index in [4.69, 9.17) is 20.5 Å². The average Bonchev–Trinajstić information content (AvgIpc) is 2.54. The number of aliphatic imine (C=N–C) groups is 1. The lowest BCUT2D eigenvalue weighted by molar-refractivity contribution is 0.00578. The van der Waals surface area contributed by atoms with Gasteiger partial charge in [-0.3, -0.25) is 5.41 Å². The Morgan fingerprint density at radius 3 is 2.25 bits per heavy atom. The van der Waals surface area contributed by atoms with Crippen LogP contribution in [0.4, 0.5) is 0 Å². The van der Waals surface area contributed by atoms with Gasteiger partial charge in [0.25, 0.3) is 0 Å². The highest BCUT2D eigenvalue weighted by molar-refractivity contribution is 6.56. The van der Waals surface area contributed by atoms with Gasteiger partial charge < -0.3 is 15.0 Å². The van der Waals surface area contributed by atoms with Crippen molar-refractivity contribution in [2.45, 2.75) is 52.2 Å². The first-order valence-corrected chi connectivity index (χ1v) is 6.79. The molecule has 0 spiro atoms. The zero-order valence-electron chi connectivity index (χ0n) is 12.9. The molecule has 0 atom stereocenters. The number of nitrogens with zero attached hydrogens (tertiary/aromatic N) is 1. The minimum atomic E-state index is -0.484. The molecule has 0 saturated carbocycles. The van der Waals surface area contributed by atoms with Crippen molar-refractivity contribution in [3.05, 3.63) is 23.7 Å². The van der Waals surface area contributed by atoms with Gasteiger partial charge in [0.1, 0.15) is 12.2 Å². The van der Waals surface area contributed by atoms with Crippen LogP contribution in [0, 0.1) is 5.41 Å². The lowest BCUT2D eigenvalue weighted by Gasteiger charge is -2.32. The van der Waals surface area contributed by atoms with Crippen LogP contribution in [-0.4, -0.2) is 30.5 Å². The number of rotatable bonds is 5. The lowest BCUT2D eigenvalue weighted by atomic mass is 9.77. The Balaban J connectivity index is 3.06. The molecule has 20 heavy (non-hydrogen) atoms. The summed E-state index contributed by atoms with van der Waals surface area (Å²) in [5.74, 6) is 0.255. The molecule has 0 aliphatic carbocycles. The van der Waals surface area contributed by atoms with Crippen LogP contribution in [0.5, 0.6) is 0 Å². The van der Waals surface area contributed by atoms with Gasteiger partial charge in [-0.2, -0.15) is 0 Å². The summed E-state index contributed by atoms with van der Waals surface area (Å²) in [6.07, 6.45) is 7.43. The number of hydrogen-bond donors (Lipinski definition) is 2. The molecule has 3 N–H and O–H groups in total. The van der Waals surface area contributed by atoms with Crippen molar-refractivity contribution in [1.29, 1.82) is 5.41 Å². The van der Waals surface area contributed by atoms with Crippen LogP contribution >= 0.6 is 0 Å². The number of nitrogens with two attached hydrogens (primary N) is 1. The van der Waals surface area contributed by atoms with Crippen molar-refractivity contribution in [3.63, 3.8) is 0 Å². The predicted octanol–water partition coefficient (Wildman–Crippen LogP) is 2.47. The predicted molar refractivity (Wildman–Crippen MR) is 84.0 cm³/mol. The van der Waals surface area contributed by atoms with E-state index in [-0.39, 0.29) is 5.84 Å². The SMILES string of the molecule is CC/C=C\C(=C/C(N)=NC=N)B1OC(C)(C)C(C)(C)O1. The van der Waals surface area contributed by atoms with E-state index in [9.17, 15) is 0 Å². The zero-order valence-corrected chi connectivity index (χ0v) is 12.9. The summed E-state index contributed by atoms with van der Waals surface area (Å²) in [5.41, 5.74) is 5.74. The summed E-state index contributed by atoms with van der Waals surface area (Å²) in [6.45, 7) is 10.1. The van der Waals surface area contributed by atoms with Crippen molar-refractivity contribution >= 4 is 19.3 Å². The van der Waals surface area contributed by atoms with E-state index in [2.05, 4.69) is 4.99 Å². The van der Waals surface area contributed by atoms with Crippen molar-refractivity contribution in [2.75, 3.05) is 0 Å². The molecule has 1 heterocycles. The topological polar surface area (TPSA) is 80.7 Å². The number of amidine groups is 1. The standard InChI is InChI=1S/C14H24BN3O2/c1-6-7-8-11(9-12(17)18-10-16)15-19-13(2,3)14(4,5)20-15/h7-10H,6H2,1-5H3,(H3,16,17,18)/b8-7-,11-9+. The Morgan fingerprint density at radius 2 is 1.80 bits per heavy atom. The smallest absolute Gasteiger partial charge is 0.399 e. The third-order valence-corrected chi connectivity index (χ3v) is 3.60. The van der Waals surface area contributed by atoms with Crippen molar-refractivity contribution in [3.8, 4) is 0 Å². The Labute approximate surface area is 121 Å². The summed E-state index contributed by atoms with van der Waals surface area (Å²) in [5, 5.41) is 6.95. The van der Waals surface area contributed by atoms with Crippen molar-refractivity contribution in [1.82, 2.24) is 0 Å². The first-order chi connectivity index (χ1) is 9.23. The molecule has 110 valence electrons. The van der Waals surface area contributed by atoms with E-state index in [1.807, 2.05) is 46.8 Å². The molecule has 0 aromatic carbocycles. The molecular weight excluding hydrogens is 253 g/mol. The normalized spacial score (nSPS) is 22.6. The summed E-state index contributed by atoms with van der Waals surface area (Å²) in [4.78, 5) is 3.73. The Morgan fingerprint density at radius 1 is 1.25 bits per heavy atom. The fourth-order valence-corrected chi connectivity index (χ4v) is 1.71. The third-order valence-electron chi connectivity index (χ3n) is 3.60. The zero-order chi connectivity index (χ0) is 15.4. The second kappa shape index (κ2) is 6.37. The lowest BCUT2D eigenvalue weighted by Crippen LogP contribution is -2.41. The fourth-order valence-electron chi connectivity index (χ4n) is 1.71. The Hall–Kier alpha value is -1.40. The molecule has 0 amide bonds. The highest BCUT2D eigenvalue weighted by Gasteiger charge is 2.52. The van der Waals surface area contributed by atoms with E-state index >= 15 is 0 Å². The van der Waals surface area contributed by atoms with Gasteiger partial charge in [0.2, 0.25) is 0 Å². The maximum absolute atomic E-state index is 6.95. The van der Waals surface area contributed by atoms with E-state index in [0.717, 1.165) is 18.2 Å². The molecule has 0 aromatic rings. The molecule has 5 nitrogen and oxygen atoms in total. The number of nitrogens with one attached hydrogen (secondary N) is 1. The van der Waals surface area contributed by atoms with Crippen LogP contribution in [-0.2, 0) is 9.31 Å². The first kappa shape index (κ1) is 16.7. The highest BCUT2D eigenvalue weighted by atomic mass is 16.7.